The lowest BCUT2D eigenvalue weighted by molar-refractivity contribution is -0.115. The third-order valence-electron chi connectivity index (χ3n) is 4.07. The van der Waals surface area contributed by atoms with Crippen LogP contribution in [-0.4, -0.2) is 10.9 Å². The first-order valence-electron chi connectivity index (χ1n) is 8.16. The van der Waals surface area contributed by atoms with Crippen LogP contribution < -0.4 is 4.90 Å². The SMILES string of the molecule is CC(=O)N(c1nc(CSc2ccccc2Cl)cs1)c1cccc(C)c1C. The molecule has 0 atom stereocenters. The molecule has 134 valence electrons. The number of aryl methyl sites for hydroxylation is 1. The number of nitrogens with zero attached hydrogens (tertiary/aromatic N) is 2. The molecule has 0 N–H and O–H groups in total. The van der Waals surface area contributed by atoms with Crippen molar-refractivity contribution in [3.8, 4) is 0 Å². The van der Waals surface area contributed by atoms with Gasteiger partial charge in [0.2, 0.25) is 5.91 Å². The van der Waals surface area contributed by atoms with Crippen LogP contribution in [0.4, 0.5) is 10.8 Å². The number of hydrogen-bond donors (Lipinski definition) is 0. The number of amides is 1. The maximum atomic E-state index is 12.3. The molecule has 0 saturated heterocycles. The zero-order valence-electron chi connectivity index (χ0n) is 14.8. The molecule has 0 fully saturated rings. The molecule has 0 aliphatic heterocycles. The fraction of sp³-hybridized carbons (Fsp3) is 0.200. The van der Waals surface area contributed by atoms with Gasteiger partial charge in [-0.15, -0.1) is 23.1 Å². The minimum absolute atomic E-state index is 0.0432. The van der Waals surface area contributed by atoms with Crippen molar-refractivity contribution >= 4 is 51.4 Å². The molecular weight excluding hydrogens is 384 g/mol. The molecular formula is C20H19ClN2OS2. The summed E-state index contributed by atoms with van der Waals surface area (Å²) < 4.78 is 0. The van der Waals surface area contributed by atoms with Crippen molar-refractivity contribution in [3.63, 3.8) is 0 Å². The lowest BCUT2D eigenvalue weighted by atomic mass is 10.1. The molecule has 1 amide bonds. The number of aromatic nitrogens is 1. The summed E-state index contributed by atoms with van der Waals surface area (Å²) in [7, 11) is 0. The Morgan fingerprint density at radius 3 is 2.69 bits per heavy atom. The van der Waals surface area contributed by atoms with E-state index in [0.717, 1.165) is 32.4 Å². The van der Waals surface area contributed by atoms with Crippen molar-refractivity contribution < 1.29 is 4.79 Å². The van der Waals surface area contributed by atoms with E-state index in [1.807, 2.05) is 61.7 Å². The van der Waals surface area contributed by atoms with Gasteiger partial charge >= 0.3 is 0 Å². The van der Waals surface area contributed by atoms with E-state index in [4.69, 9.17) is 11.6 Å². The molecule has 0 spiro atoms. The molecule has 3 nitrogen and oxygen atoms in total. The van der Waals surface area contributed by atoms with Crippen LogP contribution in [0.5, 0.6) is 0 Å². The Morgan fingerprint density at radius 2 is 1.96 bits per heavy atom. The van der Waals surface area contributed by atoms with Crippen molar-refractivity contribution in [2.45, 2.75) is 31.4 Å². The topological polar surface area (TPSA) is 33.2 Å². The lowest BCUT2D eigenvalue weighted by Crippen LogP contribution is -2.23. The third-order valence-corrected chi connectivity index (χ3v) is 6.50. The Morgan fingerprint density at radius 1 is 1.19 bits per heavy atom. The Hall–Kier alpha value is -1.82. The van der Waals surface area contributed by atoms with E-state index in [1.165, 1.54) is 11.3 Å². The van der Waals surface area contributed by atoms with Crippen molar-refractivity contribution in [3.05, 3.63) is 69.7 Å². The van der Waals surface area contributed by atoms with Gasteiger partial charge in [-0.2, -0.15) is 0 Å². The number of carbonyl (C=O) groups is 1. The number of anilines is 2. The first-order chi connectivity index (χ1) is 12.5. The van der Waals surface area contributed by atoms with E-state index in [1.54, 1.807) is 23.6 Å². The number of halogens is 1. The molecule has 1 aromatic heterocycles. The van der Waals surface area contributed by atoms with Crippen LogP contribution >= 0.6 is 34.7 Å². The maximum Gasteiger partial charge on any atom is 0.230 e. The van der Waals surface area contributed by atoms with Crippen molar-refractivity contribution in [1.82, 2.24) is 4.98 Å². The summed E-state index contributed by atoms with van der Waals surface area (Å²) in [5.74, 6) is 0.664. The highest BCUT2D eigenvalue weighted by Gasteiger charge is 2.20. The predicted molar refractivity (Wildman–Crippen MR) is 112 cm³/mol. The average molecular weight is 403 g/mol. The van der Waals surface area contributed by atoms with E-state index in [2.05, 4.69) is 4.98 Å². The lowest BCUT2D eigenvalue weighted by Gasteiger charge is -2.21. The molecule has 2 aromatic carbocycles. The maximum absolute atomic E-state index is 12.3. The summed E-state index contributed by atoms with van der Waals surface area (Å²) in [5, 5.41) is 3.44. The Bertz CT molecular complexity index is 939. The molecule has 0 unspecified atom stereocenters. The zero-order chi connectivity index (χ0) is 18.7. The molecule has 0 aliphatic carbocycles. The van der Waals surface area contributed by atoms with Gasteiger partial charge in [0.15, 0.2) is 5.13 Å². The van der Waals surface area contributed by atoms with Gasteiger partial charge in [0.1, 0.15) is 0 Å². The second kappa shape index (κ2) is 8.25. The number of hydrogen-bond acceptors (Lipinski definition) is 4. The molecule has 0 bridgehead atoms. The van der Waals surface area contributed by atoms with Gasteiger partial charge in [-0.25, -0.2) is 4.98 Å². The molecule has 3 aromatic rings. The highest BCUT2D eigenvalue weighted by molar-refractivity contribution is 7.98. The summed E-state index contributed by atoms with van der Waals surface area (Å²) in [5.41, 5.74) is 4.06. The number of carbonyl (C=O) groups excluding carboxylic acids is 1. The summed E-state index contributed by atoms with van der Waals surface area (Å²) in [4.78, 5) is 19.7. The Balaban J connectivity index is 1.83. The number of benzene rings is 2. The highest BCUT2D eigenvalue weighted by Crippen LogP contribution is 2.34. The minimum atomic E-state index is -0.0432. The van der Waals surface area contributed by atoms with E-state index in [9.17, 15) is 4.79 Å². The third kappa shape index (κ3) is 4.11. The van der Waals surface area contributed by atoms with Gasteiger partial charge in [0.05, 0.1) is 16.4 Å². The molecule has 3 rings (SSSR count). The van der Waals surface area contributed by atoms with E-state index in [0.29, 0.717) is 10.9 Å². The van der Waals surface area contributed by atoms with Crippen LogP contribution in [0.15, 0.2) is 52.7 Å². The molecule has 1 heterocycles. The van der Waals surface area contributed by atoms with Crippen molar-refractivity contribution in [2.75, 3.05) is 4.90 Å². The van der Waals surface area contributed by atoms with Crippen molar-refractivity contribution in [1.29, 1.82) is 0 Å². The van der Waals surface area contributed by atoms with Gasteiger partial charge in [0, 0.05) is 23.0 Å². The van der Waals surface area contributed by atoms with Crippen LogP contribution in [0.25, 0.3) is 0 Å². The molecule has 6 heteroatoms. The van der Waals surface area contributed by atoms with Crippen LogP contribution in [-0.2, 0) is 10.5 Å². The predicted octanol–water partition coefficient (Wildman–Crippen LogP) is 6.39. The fourth-order valence-corrected chi connectivity index (χ4v) is 4.68. The smallest absolute Gasteiger partial charge is 0.230 e. The number of thiazole rings is 1. The minimum Gasteiger partial charge on any atom is -0.274 e. The number of thioether (sulfide) groups is 1. The van der Waals surface area contributed by atoms with Crippen LogP contribution in [0, 0.1) is 13.8 Å². The van der Waals surface area contributed by atoms with Crippen LogP contribution in [0.2, 0.25) is 5.02 Å². The summed E-state index contributed by atoms with van der Waals surface area (Å²) in [6.07, 6.45) is 0. The Labute approximate surface area is 167 Å². The number of rotatable bonds is 5. The first-order valence-corrected chi connectivity index (χ1v) is 10.4. The van der Waals surface area contributed by atoms with E-state index in [-0.39, 0.29) is 5.91 Å². The largest absolute Gasteiger partial charge is 0.274 e. The molecule has 0 radical (unpaired) electrons. The van der Waals surface area contributed by atoms with Crippen molar-refractivity contribution in [2.24, 2.45) is 0 Å². The van der Waals surface area contributed by atoms with Gasteiger partial charge in [-0.05, 0) is 43.2 Å². The summed E-state index contributed by atoms with van der Waals surface area (Å²) in [6.45, 7) is 5.65. The fourth-order valence-electron chi connectivity index (χ4n) is 2.56. The van der Waals surface area contributed by atoms with Gasteiger partial charge in [-0.1, -0.05) is 35.9 Å². The molecule has 0 saturated carbocycles. The van der Waals surface area contributed by atoms with Gasteiger partial charge < -0.3 is 0 Å². The summed E-state index contributed by atoms with van der Waals surface area (Å²) >= 11 is 9.33. The first kappa shape index (κ1) is 19.0. The van der Waals surface area contributed by atoms with Crippen LogP contribution in [0.3, 0.4) is 0 Å². The second-order valence-corrected chi connectivity index (χ2v) is 8.17. The average Bonchev–Trinajstić information content (AvgIpc) is 3.06. The highest BCUT2D eigenvalue weighted by atomic mass is 35.5. The van der Waals surface area contributed by atoms with E-state index >= 15 is 0 Å². The molecule has 26 heavy (non-hydrogen) atoms. The normalized spacial score (nSPS) is 10.8. The van der Waals surface area contributed by atoms with E-state index < -0.39 is 0 Å². The Kier molecular flexibility index (Phi) is 6.01. The van der Waals surface area contributed by atoms with Gasteiger partial charge in [0.25, 0.3) is 0 Å². The monoisotopic (exact) mass is 402 g/mol. The quantitative estimate of drug-likeness (QED) is 0.463. The summed E-state index contributed by atoms with van der Waals surface area (Å²) in [6, 6.07) is 13.7. The van der Waals surface area contributed by atoms with Crippen LogP contribution in [0.1, 0.15) is 23.7 Å². The second-order valence-electron chi connectivity index (χ2n) is 5.91. The standard InChI is InChI=1S/C20H19ClN2OS2/c1-13-7-6-9-18(14(13)2)23(15(3)24)20-22-16(12-26-20)11-25-19-10-5-4-8-17(19)21/h4-10,12H,11H2,1-3H3. The molecule has 0 aliphatic rings. The zero-order valence-corrected chi connectivity index (χ0v) is 17.2. The van der Waals surface area contributed by atoms with Gasteiger partial charge in [-0.3, -0.25) is 9.69 Å².